The van der Waals surface area contributed by atoms with Gasteiger partial charge in [0.1, 0.15) is 0 Å². The van der Waals surface area contributed by atoms with Crippen LogP contribution in [0.2, 0.25) is 0 Å². The highest BCUT2D eigenvalue weighted by atomic mass is 32.2. The van der Waals surface area contributed by atoms with Crippen LogP contribution >= 0.6 is 11.8 Å². The molecule has 0 heterocycles. The number of thioether (sulfide) groups is 1. The van der Waals surface area contributed by atoms with Crippen molar-refractivity contribution in [2.75, 3.05) is 11.5 Å². The Morgan fingerprint density at radius 1 is 1.20 bits per heavy atom. The van der Waals surface area contributed by atoms with Crippen molar-refractivity contribution < 1.29 is 13.2 Å². The monoisotopic (exact) mass is 235 g/mol. The van der Waals surface area contributed by atoms with Gasteiger partial charge >= 0.3 is 6.18 Å². The third-order valence-electron chi connectivity index (χ3n) is 2.02. The van der Waals surface area contributed by atoms with Gasteiger partial charge in [-0.1, -0.05) is 0 Å². The van der Waals surface area contributed by atoms with E-state index in [2.05, 4.69) is 0 Å². The molecule has 0 fully saturated rings. The molecule has 1 aromatic carbocycles. The number of hydrogen-bond acceptors (Lipinski definition) is 2. The summed E-state index contributed by atoms with van der Waals surface area (Å²) in [5, 5.41) is 0. The van der Waals surface area contributed by atoms with Gasteiger partial charge in [-0.25, -0.2) is 0 Å². The number of benzene rings is 1. The van der Waals surface area contributed by atoms with Crippen LogP contribution in [0.15, 0.2) is 17.0 Å². The highest BCUT2D eigenvalue weighted by molar-refractivity contribution is 7.99. The summed E-state index contributed by atoms with van der Waals surface area (Å²) in [5.41, 5.74) is 7.98. The zero-order chi connectivity index (χ0) is 11.6. The third kappa shape index (κ3) is 3.66. The van der Waals surface area contributed by atoms with Gasteiger partial charge in [0.05, 0.1) is 5.75 Å². The summed E-state index contributed by atoms with van der Waals surface area (Å²) in [4.78, 5) is 0.496. The molecule has 0 radical (unpaired) electrons. The Labute approximate surface area is 90.9 Å². The van der Waals surface area contributed by atoms with E-state index in [1.54, 1.807) is 12.1 Å². The number of nitrogen functional groups attached to an aromatic ring is 1. The first-order valence-corrected chi connectivity index (χ1v) is 5.34. The van der Waals surface area contributed by atoms with E-state index in [-0.39, 0.29) is 0 Å². The molecule has 0 aliphatic heterocycles. The molecule has 84 valence electrons. The molecule has 1 nitrogen and oxygen atoms in total. The average Bonchev–Trinajstić information content (AvgIpc) is 2.07. The van der Waals surface area contributed by atoms with Crippen LogP contribution in [0, 0.1) is 13.8 Å². The highest BCUT2D eigenvalue weighted by Crippen LogP contribution is 2.32. The van der Waals surface area contributed by atoms with E-state index in [1.807, 2.05) is 13.8 Å². The Kier molecular flexibility index (Phi) is 3.54. The lowest BCUT2D eigenvalue weighted by atomic mass is 10.1. The third-order valence-corrected chi connectivity index (χ3v) is 3.15. The fraction of sp³-hybridized carbons (Fsp3) is 0.400. The van der Waals surface area contributed by atoms with Crippen molar-refractivity contribution in [3.8, 4) is 0 Å². The van der Waals surface area contributed by atoms with Crippen molar-refractivity contribution >= 4 is 17.4 Å². The number of hydrogen-bond donors (Lipinski definition) is 1. The van der Waals surface area contributed by atoms with Gasteiger partial charge in [0.15, 0.2) is 0 Å². The molecule has 0 spiro atoms. The molecule has 0 bridgehead atoms. The molecule has 2 N–H and O–H groups in total. The second-order valence-electron chi connectivity index (χ2n) is 3.38. The average molecular weight is 235 g/mol. The van der Waals surface area contributed by atoms with E-state index in [4.69, 9.17) is 5.73 Å². The normalized spacial score (nSPS) is 11.8. The number of aryl methyl sites for hydroxylation is 2. The van der Waals surface area contributed by atoms with Crippen molar-refractivity contribution in [2.24, 2.45) is 0 Å². The molecule has 0 unspecified atom stereocenters. The van der Waals surface area contributed by atoms with Crippen LogP contribution in [0.5, 0.6) is 0 Å². The summed E-state index contributed by atoms with van der Waals surface area (Å²) in [6.45, 7) is 3.73. The molecule has 0 saturated heterocycles. The summed E-state index contributed by atoms with van der Waals surface area (Å²) >= 11 is 0.727. The molecule has 0 aliphatic rings. The summed E-state index contributed by atoms with van der Waals surface area (Å²) in [5.74, 6) is -0.903. The van der Waals surface area contributed by atoms with Crippen LogP contribution in [-0.2, 0) is 0 Å². The lowest BCUT2D eigenvalue weighted by Crippen LogP contribution is -2.10. The highest BCUT2D eigenvalue weighted by Gasteiger charge is 2.27. The van der Waals surface area contributed by atoms with E-state index in [0.29, 0.717) is 10.6 Å². The maximum absolute atomic E-state index is 12.0. The molecule has 0 aromatic heterocycles. The second kappa shape index (κ2) is 4.35. The van der Waals surface area contributed by atoms with Crippen molar-refractivity contribution in [3.63, 3.8) is 0 Å². The predicted octanol–water partition coefficient (Wildman–Crippen LogP) is 3.54. The van der Waals surface area contributed by atoms with E-state index in [1.165, 1.54) is 0 Å². The minimum atomic E-state index is -4.16. The molecular weight excluding hydrogens is 223 g/mol. The second-order valence-corrected chi connectivity index (χ2v) is 4.40. The van der Waals surface area contributed by atoms with Gasteiger partial charge in [-0.15, -0.1) is 11.8 Å². The molecular formula is C10H12F3NS. The largest absolute Gasteiger partial charge is 0.398 e. The maximum Gasteiger partial charge on any atom is 0.398 e. The summed E-state index contributed by atoms with van der Waals surface area (Å²) in [7, 11) is 0. The van der Waals surface area contributed by atoms with Gasteiger partial charge in [-0.05, 0) is 37.1 Å². The SMILES string of the molecule is Cc1cc(N)c(SCC(F)(F)F)cc1C. The predicted molar refractivity (Wildman–Crippen MR) is 57.1 cm³/mol. The van der Waals surface area contributed by atoms with Crippen LogP contribution in [0.4, 0.5) is 18.9 Å². The van der Waals surface area contributed by atoms with Crippen LogP contribution in [0.1, 0.15) is 11.1 Å². The standard InChI is InChI=1S/C10H12F3NS/c1-6-3-8(14)9(4-7(6)2)15-5-10(11,12)13/h3-4H,5,14H2,1-2H3. The lowest BCUT2D eigenvalue weighted by Gasteiger charge is -2.10. The zero-order valence-electron chi connectivity index (χ0n) is 8.48. The van der Waals surface area contributed by atoms with Gasteiger partial charge in [0.2, 0.25) is 0 Å². The smallest absolute Gasteiger partial charge is 0.398 e. The van der Waals surface area contributed by atoms with Crippen molar-refractivity contribution in [1.82, 2.24) is 0 Å². The Balaban J connectivity index is 2.82. The van der Waals surface area contributed by atoms with E-state index >= 15 is 0 Å². The topological polar surface area (TPSA) is 26.0 Å². The molecule has 0 amide bonds. The van der Waals surface area contributed by atoms with Gasteiger partial charge < -0.3 is 5.73 Å². The summed E-state index contributed by atoms with van der Waals surface area (Å²) in [6.07, 6.45) is -4.16. The van der Waals surface area contributed by atoms with Crippen molar-refractivity contribution in [1.29, 1.82) is 0 Å². The Morgan fingerprint density at radius 3 is 2.27 bits per heavy atom. The number of rotatable bonds is 2. The van der Waals surface area contributed by atoms with Crippen molar-refractivity contribution in [3.05, 3.63) is 23.3 Å². The Bertz CT molecular complexity index is 360. The van der Waals surface area contributed by atoms with Crippen molar-refractivity contribution in [2.45, 2.75) is 24.9 Å². The van der Waals surface area contributed by atoms with Gasteiger partial charge in [0, 0.05) is 10.6 Å². The van der Waals surface area contributed by atoms with Crippen LogP contribution in [0.3, 0.4) is 0 Å². The summed E-state index contributed by atoms with van der Waals surface area (Å²) in [6, 6.07) is 3.40. The quantitative estimate of drug-likeness (QED) is 0.626. The van der Waals surface area contributed by atoms with Gasteiger partial charge in [0.25, 0.3) is 0 Å². The molecule has 15 heavy (non-hydrogen) atoms. The zero-order valence-corrected chi connectivity index (χ0v) is 9.30. The molecule has 1 aromatic rings. The fourth-order valence-electron chi connectivity index (χ4n) is 1.10. The number of nitrogens with two attached hydrogens (primary N) is 1. The number of anilines is 1. The molecule has 0 aliphatic carbocycles. The van der Waals surface area contributed by atoms with Gasteiger partial charge in [-0.2, -0.15) is 13.2 Å². The Morgan fingerprint density at radius 2 is 1.73 bits per heavy atom. The first-order valence-electron chi connectivity index (χ1n) is 4.36. The molecule has 1 rings (SSSR count). The maximum atomic E-state index is 12.0. The fourth-order valence-corrected chi connectivity index (χ4v) is 1.90. The lowest BCUT2D eigenvalue weighted by molar-refractivity contribution is -0.105. The summed E-state index contributed by atoms with van der Waals surface area (Å²) < 4.78 is 36.0. The Hall–Kier alpha value is -0.840. The molecule has 0 atom stereocenters. The molecule has 0 saturated carbocycles. The van der Waals surface area contributed by atoms with Crippen LogP contribution in [-0.4, -0.2) is 11.9 Å². The van der Waals surface area contributed by atoms with Crippen LogP contribution < -0.4 is 5.73 Å². The number of halogens is 3. The minimum Gasteiger partial charge on any atom is -0.398 e. The number of alkyl halides is 3. The first kappa shape index (κ1) is 12.2. The van der Waals surface area contributed by atoms with E-state index < -0.39 is 11.9 Å². The van der Waals surface area contributed by atoms with E-state index in [9.17, 15) is 13.2 Å². The van der Waals surface area contributed by atoms with Crippen LogP contribution in [0.25, 0.3) is 0 Å². The first-order chi connectivity index (χ1) is 6.79. The minimum absolute atomic E-state index is 0.410. The van der Waals surface area contributed by atoms with Gasteiger partial charge in [-0.3, -0.25) is 0 Å². The van der Waals surface area contributed by atoms with E-state index in [0.717, 1.165) is 22.9 Å². The molecule has 5 heteroatoms.